The highest BCUT2D eigenvalue weighted by molar-refractivity contribution is 6.06. The Morgan fingerprint density at radius 3 is 2.63 bits per heavy atom. The molecule has 3 heterocycles. The van der Waals surface area contributed by atoms with Crippen molar-refractivity contribution in [3.8, 4) is 11.3 Å². The van der Waals surface area contributed by atoms with Gasteiger partial charge in [-0.3, -0.25) is 9.59 Å². The van der Waals surface area contributed by atoms with E-state index in [4.69, 9.17) is 4.74 Å². The van der Waals surface area contributed by atoms with Crippen LogP contribution in [0.2, 0.25) is 0 Å². The molecular weight excluding hydrogens is 489 g/mol. The van der Waals surface area contributed by atoms with Crippen molar-refractivity contribution in [2.24, 2.45) is 7.05 Å². The smallest absolute Gasteiger partial charge is 0.418 e. The Labute approximate surface area is 219 Å². The molecule has 0 bridgehead atoms. The number of likely N-dealkylation sites (tertiary alicyclic amines) is 1. The van der Waals surface area contributed by atoms with Gasteiger partial charge in [0.25, 0.3) is 5.91 Å². The number of hydrogen-bond donors (Lipinski definition) is 0. The highest BCUT2D eigenvalue weighted by Crippen LogP contribution is 2.46. The minimum Gasteiger partial charge on any atom is -0.427 e. The first-order valence-electron chi connectivity index (χ1n) is 12.8. The maximum atomic E-state index is 13.7. The first kappa shape index (κ1) is 24.3. The second kappa shape index (κ2) is 8.75. The topological polar surface area (TPSA) is 97.6 Å². The number of carbonyl (C=O) groups excluding carboxylic acids is 3. The molecule has 1 aromatic heterocycles. The Morgan fingerprint density at radius 1 is 1.16 bits per heavy atom. The summed E-state index contributed by atoms with van der Waals surface area (Å²) < 4.78 is 20.9. The van der Waals surface area contributed by atoms with Crippen LogP contribution in [0.1, 0.15) is 54.6 Å². The number of ether oxygens (including phenoxy) is 1. The van der Waals surface area contributed by atoms with Gasteiger partial charge in [0.05, 0.1) is 17.4 Å². The monoisotopic (exact) mass is 517 g/mol. The number of hydrogen-bond acceptors (Lipinski definition) is 6. The van der Waals surface area contributed by atoms with Gasteiger partial charge in [-0.2, -0.15) is 0 Å². The number of halogens is 1. The highest BCUT2D eigenvalue weighted by atomic mass is 19.1. The van der Waals surface area contributed by atoms with Crippen molar-refractivity contribution in [3.63, 3.8) is 0 Å². The normalized spacial score (nSPS) is 24.4. The molecule has 10 heteroatoms. The van der Waals surface area contributed by atoms with Crippen LogP contribution in [0, 0.1) is 12.7 Å². The van der Waals surface area contributed by atoms with Gasteiger partial charge in [0, 0.05) is 30.6 Å². The first-order valence-corrected chi connectivity index (χ1v) is 12.8. The molecule has 2 aromatic carbocycles. The number of benzene rings is 2. The molecule has 9 nitrogen and oxygen atoms in total. The molecule has 0 radical (unpaired) electrons. The van der Waals surface area contributed by atoms with E-state index in [2.05, 4.69) is 10.3 Å². The van der Waals surface area contributed by atoms with Gasteiger partial charge in [-0.05, 0) is 62.4 Å². The van der Waals surface area contributed by atoms with E-state index in [-0.39, 0.29) is 23.8 Å². The summed E-state index contributed by atoms with van der Waals surface area (Å²) in [6, 6.07) is 11.5. The fraction of sp³-hybridized carbons (Fsp3) is 0.393. The van der Waals surface area contributed by atoms with Crippen LogP contribution in [0.5, 0.6) is 0 Å². The lowest BCUT2D eigenvalue weighted by molar-refractivity contribution is -0.143. The van der Waals surface area contributed by atoms with E-state index in [1.54, 1.807) is 21.7 Å². The number of carbonyl (C=O) groups is 3. The van der Waals surface area contributed by atoms with E-state index in [0.717, 1.165) is 45.8 Å². The molecule has 0 saturated carbocycles. The number of fused-ring (bicyclic) bond motifs is 2. The molecule has 2 fully saturated rings. The highest BCUT2D eigenvalue weighted by Gasteiger charge is 2.58. The molecule has 38 heavy (non-hydrogen) atoms. The van der Waals surface area contributed by atoms with Gasteiger partial charge in [0.2, 0.25) is 11.5 Å². The third-order valence-corrected chi connectivity index (χ3v) is 8.13. The number of nitrogens with zero attached hydrogens (tertiary/aromatic N) is 5. The Morgan fingerprint density at radius 2 is 1.92 bits per heavy atom. The van der Waals surface area contributed by atoms with Crippen LogP contribution in [0.15, 0.2) is 42.5 Å². The summed E-state index contributed by atoms with van der Waals surface area (Å²) in [5.41, 5.74) is 3.58. The third-order valence-electron chi connectivity index (χ3n) is 8.13. The van der Waals surface area contributed by atoms with Crippen molar-refractivity contribution in [2.45, 2.75) is 57.2 Å². The molecule has 6 rings (SSSR count). The summed E-state index contributed by atoms with van der Waals surface area (Å²) in [6.07, 6.45) is 1.57. The lowest BCUT2D eigenvalue weighted by atomic mass is 9.93. The second-order valence-corrected chi connectivity index (χ2v) is 10.4. The summed E-state index contributed by atoms with van der Waals surface area (Å²) in [4.78, 5) is 42.8. The lowest BCUT2D eigenvalue weighted by Gasteiger charge is -2.30. The zero-order chi connectivity index (χ0) is 26.8. The predicted octanol–water partition coefficient (Wildman–Crippen LogP) is 3.80. The van der Waals surface area contributed by atoms with Crippen molar-refractivity contribution in [2.75, 3.05) is 6.54 Å². The quantitative estimate of drug-likeness (QED) is 0.522. The predicted molar refractivity (Wildman–Crippen MR) is 134 cm³/mol. The molecule has 2 aliphatic heterocycles. The maximum Gasteiger partial charge on any atom is 0.418 e. The Bertz CT molecular complexity index is 1450. The summed E-state index contributed by atoms with van der Waals surface area (Å²) in [5.74, 6) is -1.19. The molecule has 3 aromatic rings. The number of aryl methyl sites for hydroxylation is 3. The van der Waals surface area contributed by atoms with E-state index >= 15 is 0 Å². The van der Waals surface area contributed by atoms with Crippen LogP contribution in [0.3, 0.4) is 0 Å². The summed E-state index contributed by atoms with van der Waals surface area (Å²) in [5, 5.41) is 8.18. The van der Waals surface area contributed by atoms with Crippen LogP contribution < -0.4 is 0 Å². The van der Waals surface area contributed by atoms with E-state index in [1.165, 1.54) is 12.1 Å². The number of imide groups is 1. The SMILES string of the molecule is Cc1nnn(C)c1-c1ccc2c(c1)CCC21OC(=O)N(CC(=O)N2[C@@H](C)CC[C@H]2c2ccc(F)cc2)C1=O. The van der Waals surface area contributed by atoms with Crippen LogP contribution in [0.4, 0.5) is 9.18 Å². The second-order valence-electron chi connectivity index (χ2n) is 10.4. The minimum absolute atomic E-state index is 0.0733. The number of aromatic nitrogens is 3. The summed E-state index contributed by atoms with van der Waals surface area (Å²) >= 11 is 0. The third kappa shape index (κ3) is 3.61. The average Bonchev–Trinajstić information content (AvgIpc) is 3.62. The van der Waals surface area contributed by atoms with Gasteiger partial charge in [-0.15, -0.1) is 5.10 Å². The van der Waals surface area contributed by atoms with Crippen molar-refractivity contribution in [1.29, 1.82) is 0 Å². The van der Waals surface area contributed by atoms with Crippen LogP contribution in [-0.2, 0) is 33.4 Å². The van der Waals surface area contributed by atoms with Gasteiger partial charge >= 0.3 is 6.09 Å². The van der Waals surface area contributed by atoms with E-state index in [0.29, 0.717) is 18.4 Å². The standard InChI is InChI=1S/C28H28FN5O4/c1-16-4-11-23(18-5-8-21(29)9-6-18)34(16)24(35)15-33-26(36)28(38-27(33)37)13-12-19-14-20(7-10-22(19)28)25-17(2)30-31-32(25)3/h5-10,14,16,23H,4,11-13,15H2,1-3H3/t16-,23-,28?/m0/s1. The van der Waals surface area contributed by atoms with E-state index < -0.39 is 24.1 Å². The minimum atomic E-state index is -1.42. The summed E-state index contributed by atoms with van der Waals surface area (Å²) in [7, 11) is 1.82. The fourth-order valence-corrected chi connectivity index (χ4v) is 6.29. The van der Waals surface area contributed by atoms with Crippen molar-refractivity contribution in [1.82, 2.24) is 24.8 Å². The fourth-order valence-electron chi connectivity index (χ4n) is 6.29. The van der Waals surface area contributed by atoms with E-state index in [9.17, 15) is 18.8 Å². The van der Waals surface area contributed by atoms with Gasteiger partial charge in [0.1, 0.15) is 12.4 Å². The molecule has 2 saturated heterocycles. The van der Waals surface area contributed by atoms with Gasteiger partial charge < -0.3 is 9.64 Å². The Kier molecular flexibility index (Phi) is 5.59. The molecular formula is C28H28FN5O4. The molecule has 1 spiro atoms. The van der Waals surface area contributed by atoms with Crippen molar-refractivity contribution < 1.29 is 23.5 Å². The molecule has 1 unspecified atom stereocenters. The van der Waals surface area contributed by atoms with Crippen molar-refractivity contribution >= 4 is 17.9 Å². The zero-order valence-corrected chi connectivity index (χ0v) is 21.5. The van der Waals surface area contributed by atoms with Crippen LogP contribution >= 0.6 is 0 Å². The maximum absolute atomic E-state index is 13.7. The van der Waals surface area contributed by atoms with Gasteiger partial charge in [-0.1, -0.05) is 29.5 Å². The lowest BCUT2D eigenvalue weighted by Crippen LogP contribution is -2.46. The van der Waals surface area contributed by atoms with Gasteiger partial charge in [0.15, 0.2) is 0 Å². The first-order chi connectivity index (χ1) is 18.2. The molecule has 3 aliphatic rings. The van der Waals surface area contributed by atoms with E-state index in [1.807, 2.05) is 39.1 Å². The summed E-state index contributed by atoms with van der Waals surface area (Å²) in [6.45, 7) is 3.43. The van der Waals surface area contributed by atoms with Crippen molar-refractivity contribution in [3.05, 3.63) is 70.7 Å². The molecule has 196 valence electrons. The van der Waals surface area contributed by atoms with Gasteiger partial charge in [-0.25, -0.2) is 18.8 Å². The molecule has 0 N–H and O–H groups in total. The average molecular weight is 518 g/mol. The molecule has 1 aliphatic carbocycles. The zero-order valence-electron chi connectivity index (χ0n) is 21.5. The Balaban J connectivity index is 1.25. The largest absolute Gasteiger partial charge is 0.427 e. The van der Waals surface area contributed by atoms with Crippen LogP contribution in [-0.4, -0.2) is 55.3 Å². The number of amides is 3. The Hall–Kier alpha value is -4.08. The molecule has 3 amide bonds. The van der Waals surface area contributed by atoms with Crippen LogP contribution in [0.25, 0.3) is 11.3 Å². The number of rotatable bonds is 4. The molecule has 3 atom stereocenters.